The summed E-state index contributed by atoms with van der Waals surface area (Å²) in [5, 5.41) is 2.96. The molecule has 0 bridgehead atoms. The van der Waals surface area contributed by atoms with Crippen LogP contribution in [0.3, 0.4) is 0 Å². The van der Waals surface area contributed by atoms with Crippen LogP contribution in [0.2, 0.25) is 0 Å². The van der Waals surface area contributed by atoms with Crippen LogP contribution in [0, 0.1) is 0 Å². The van der Waals surface area contributed by atoms with Crippen LogP contribution < -0.4 is 5.32 Å². The summed E-state index contributed by atoms with van der Waals surface area (Å²) in [4.78, 5) is 28.6. The van der Waals surface area contributed by atoms with E-state index in [1.54, 1.807) is 17.0 Å². The van der Waals surface area contributed by atoms with E-state index in [0.29, 0.717) is 25.2 Å². The SMILES string of the molecule is CC(=O)N1CCN(S(=O)(=O)c2cccc(C(=O)NCc3ccccc3CN3CCCCC3)c2)CC1. The maximum atomic E-state index is 13.1. The molecule has 0 radical (unpaired) electrons. The number of nitrogens with one attached hydrogen (secondary N) is 1. The second-order valence-electron chi connectivity index (χ2n) is 9.23. The Morgan fingerprint density at radius 2 is 1.54 bits per heavy atom. The van der Waals surface area contributed by atoms with Crippen LogP contribution in [-0.4, -0.2) is 73.6 Å². The van der Waals surface area contributed by atoms with Gasteiger partial charge in [0.05, 0.1) is 4.90 Å². The molecule has 0 aliphatic carbocycles. The molecule has 0 unspecified atom stereocenters. The molecule has 2 saturated heterocycles. The second kappa shape index (κ2) is 11.3. The van der Waals surface area contributed by atoms with Gasteiger partial charge in [0.2, 0.25) is 15.9 Å². The van der Waals surface area contributed by atoms with E-state index in [1.807, 2.05) is 18.2 Å². The number of carbonyl (C=O) groups is 2. The molecule has 0 aromatic heterocycles. The number of rotatable bonds is 7. The smallest absolute Gasteiger partial charge is 0.251 e. The molecule has 2 aliphatic rings. The number of hydrogen-bond acceptors (Lipinski definition) is 5. The van der Waals surface area contributed by atoms with Crippen molar-refractivity contribution in [2.24, 2.45) is 0 Å². The first-order chi connectivity index (χ1) is 16.8. The first-order valence-corrected chi connectivity index (χ1v) is 13.7. The number of carbonyl (C=O) groups excluding carboxylic acids is 2. The van der Waals surface area contributed by atoms with E-state index >= 15 is 0 Å². The highest BCUT2D eigenvalue weighted by Gasteiger charge is 2.29. The minimum atomic E-state index is -3.75. The highest BCUT2D eigenvalue weighted by Crippen LogP contribution is 2.20. The van der Waals surface area contributed by atoms with E-state index < -0.39 is 10.0 Å². The van der Waals surface area contributed by atoms with E-state index in [1.165, 1.54) is 48.2 Å². The van der Waals surface area contributed by atoms with E-state index in [9.17, 15) is 18.0 Å². The molecular weight excluding hydrogens is 464 g/mol. The molecule has 35 heavy (non-hydrogen) atoms. The highest BCUT2D eigenvalue weighted by molar-refractivity contribution is 7.89. The lowest BCUT2D eigenvalue weighted by Crippen LogP contribution is -2.49. The van der Waals surface area contributed by atoms with Crippen LogP contribution >= 0.6 is 0 Å². The monoisotopic (exact) mass is 498 g/mol. The third-order valence-electron chi connectivity index (χ3n) is 6.82. The van der Waals surface area contributed by atoms with Gasteiger partial charge in [0, 0.05) is 51.8 Å². The van der Waals surface area contributed by atoms with Gasteiger partial charge in [0.1, 0.15) is 0 Å². The van der Waals surface area contributed by atoms with Crippen molar-refractivity contribution in [1.29, 1.82) is 0 Å². The Bertz CT molecular complexity index is 1150. The van der Waals surface area contributed by atoms with Crippen LogP contribution in [0.15, 0.2) is 53.4 Å². The summed E-state index contributed by atoms with van der Waals surface area (Å²) in [5.74, 6) is -0.366. The molecule has 4 rings (SSSR count). The number of amides is 2. The van der Waals surface area contributed by atoms with Crippen LogP contribution in [0.4, 0.5) is 0 Å². The maximum Gasteiger partial charge on any atom is 0.251 e. The first-order valence-electron chi connectivity index (χ1n) is 12.3. The number of nitrogens with zero attached hydrogens (tertiary/aromatic N) is 3. The summed E-state index contributed by atoms with van der Waals surface area (Å²) in [6.45, 7) is 6.16. The summed E-state index contributed by atoms with van der Waals surface area (Å²) < 4.78 is 27.7. The fourth-order valence-electron chi connectivity index (χ4n) is 4.71. The van der Waals surface area contributed by atoms with Gasteiger partial charge < -0.3 is 10.2 Å². The molecule has 0 saturated carbocycles. The summed E-state index contributed by atoms with van der Waals surface area (Å²) in [5.41, 5.74) is 2.58. The average molecular weight is 499 g/mol. The molecule has 9 heteroatoms. The van der Waals surface area contributed by atoms with Crippen molar-refractivity contribution >= 4 is 21.8 Å². The quantitative estimate of drug-likeness (QED) is 0.633. The van der Waals surface area contributed by atoms with Gasteiger partial charge >= 0.3 is 0 Å². The minimum Gasteiger partial charge on any atom is -0.348 e. The van der Waals surface area contributed by atoms with Crippen LogP contribution in [0.5, 0.6) is 0 Å². The number of hydrogen-bond donors (Lipinski definition) is 1. The van der Waals surface area contributed by atoms with Crippen molar-refractivity contribution < 1.29 is 18.0 Å². The van der Waals surface area contributed by atoms with Gasteiger partial charge in [-0.1, -0.05) is 36.8 Å². The third-order valence-corrected chi connectivity index (χ3v) is 8.71. The molecule has 0 spiro atoms. The Hall–Kier alpha value is -2.75. The van der Waals surface area contributed by atoms with Crippen LogP contribution in [-0.2, 0) is 27.9 Å². The van der Waals surface area contributed by atoms with E-state index in [-0.39, 0.29) is 29.8 Å². The average Bonchev–Trinajstić information content (AvgIpc) is 2.88. The van der Waals surface area contributed by atoms with Crippen molar-refractivity contribution in [1.82, 2.24) is 19.4 Å². The van der Waals surface area contributed by atoms with Crippen molar-refractivity contribution in [3.63, 3.8) is 0 Å². The van der Waals surface area contributed by atoms with Gasteiger partial charge in [-0.15, -0.1) is 0 Å². The van der Waals surface area contributed by atoms with E-state index in [0.717, 1.165) is 25.2 Å². The topological polar surface area (TPSA) is 90.0 Å². The largest absolute Gasteiger partial charge is 0.348 e. The Labute approximate surface area is 207 Å². The van der Waals surface area contributed by atoms with Gasteiger partial charge in [-0.05, 0) is 55.3 Å². The van der Waals surface area contributed by atoms with Gasteiger partial charge in [-0.25, -0.2) is 8.42 Å². The van der Waals surface area contributed by atoms with Crippen molar-refractivity contribution in [3.8, 4) is 0 Å². The summed E-state index contributed by atoms with van der Waals surface area (Å²) in [6, 6.07) is 14.3. The molecule has 2 aromatic carbocycles. The number of piperidine rings is 1. The number of piperazine rings is 1. The molecule has 188 valence electrons. The molecule has 2 amide bonds. The Balaban J connectivity index is 1.40. The Kier molecular flexibility index (Phi) is 8.20. The lowest BCUT2D eigenvalue weighted by molar-refractivity contribution is -0.129. The molecule has 8 nitrogen and oxygen atoms in total. The fraction of sp³-hybridized carbons (Fsp3) is 0.462. The first kappa shape index (κ1) is 25.3. The summed E-state index contributed by atoms with van der Waals surface area (Å²) in [6.07, 6.45) is 3.74. The molecule has 0 atom stereocenters. The van der Waals surface area contributed by atoms with E-state index in [4.69, 9.17) is 0 Å². The molecule has 2 heterocycles. The maximum absolute atomic E-state index is 13.1. The third kappa shape index (κ3) is 6.28. The molecule has 2 fully saturated rings. The minimum absolute atomic E-state index is 0.0572. The molecule has 2 aliphatic heterocycles. The normalized spacial score (nSPS) is 17.8. The number of benzene rings is 2. The Morgan fingerprint density at radius 3 is 2.23 bits per heavy atom. The van der Waals surface area contributed by atoms with Crippen LogP contribution in [0.25, 0.3) is 0 Å². The van der Waals surface area contributed by atoms with Crippen LogP contribution in [0.1, 0.15) is 47.7 Å². The predicted molar refractivity (Wildman–Crippen MR) is 134 cm³/mol. The highest BCUT2D eigenvalue weighted by atomic mass is 32.2. The number of likely N-dealkylation sites (tertiary alicyclic amines) is 1. The van der Waals surface area contributed by atoms with Gasteiger partial charge in [0.15, 0.2) is 0 Å². The molecule has 2 aromatic rings. The number of sulfonamides is 1. The van der Waals surface area contributed by atoms with Gasteiger partial charge in [0.25, 0.3) is 5.91 Å². The fourth-order valence-corrected chi connectivity index (χ4v) is 6.18. The van der Waals surface area contributed by atoms with Gasteiger partial charge in [-0.3, -0.25) is 14.5 Å². The summed E-state index contributed by atoms with van der Waals surface area (Å²) >= 11 is 0. The predicted octanol–water partition coefficient (Wildman–Crippen LogP) is 2.46. The zero-order valence-corrected chi connectivity index (χ0v) is 21.1. The van der Waals surface area contributed by atoms with E-state index in [2.05, 4.69) is 16.3 Å². The lowest BCUT2D eigenvalue weighted by Gasteiger charge is -2.33. The zero-order chi connectivity index (χ0) is 24.8. The van der Waals surface area contributed by atoms with Crippen molar-refractivity contribution in [3.05, 3.63) is 65.2 Å². The second-order valence-corrected chi connectivity index (χ2v) is 11.2. The van der Waals surface area contributed by atoms with Crippen molar-refractivity contribution in [2.75, 3.05) is 39.3 Å². The zero-order valence-electron chi connectivity index (χ0n) is 20.3. The lowest BCUT2D eigenvalue weighted by atomic mass is 10.0. The molecular formula is C26H34N4O4S. The summed E-state index contributed by atoms with van der Waals surface area (Å²) in [7, 11) is -3.75. The Morgan fingerprint density at radius 1 is 0.857 bits per heavy atom. The molecule has 1 N–H and O–H groups in total. The van der Waals surface area contributed by atoms with Crippen molar-refractivity contribution in [2.45, 2.75) is 44.2 Å². The standard InChI is InChI=1S/C26H34N4O4S/c1-21(31)29-14-16-30(17-15-29)35(33,34)25-11-7-10-22(18-25)26(32)27-19-23-8-3-4-9-24(23)20-28-12-5-2-6-13-28/h3-4,7-11,18H,2,5-6,12-17,19-20H2,1H3,(H,27,32). The van der Waals surface area contributed by atoms with Gasteiger partial charge in [-0.2, -0.15) is 4.31 Å².